The number of nitrogens with zero attached hydrogens (tertiary/aromatic N) is 5. The Bertz CT molecular complexity index is 1900. The summed E-state index contributed by atoms with van der Waals surface area (Å²) < 4.78 is 54.7. The van der Waals surface area contributed by atoms with E-state index in [4.69, 9.17) is 9.47 Å². The third-order valence-electron chi connectivity index (χ3n) is 7.63. The molecule has 1 aliphatic rings. The molecule has 2 aromatic heterocycles. The van der Waals surface area contributed by atoms with Crippen molar-refractivity contribution < 1.29 is 32.2 Å². The van der Waals surface area contributed by atoms with Gasteiger partial charge in [-0.05, 0) is 49.9 Å². The normalized spacial score (nSPS) is 14.2. The Balaban J connectivity index is 1.11. The molecule has 1 aliphatic heterocycles. The minimum Gasteiger partial charge on any atom is -0.493 e. The van der Waals surface area contributed by atoms with Gasteiger partial charge in [0.1, 0.15) is 12.1 Å². The number of nitrogens with one attached hydrogen (secondary N) is 3. The first-order valence-electron chi connectivity index (χ1n) is 15.1. The van der Waals surface area contributed by atoms with Crippen LogP contribution in [0.1, 0.15) is 6.42 Å². The number of likely N-dealkylation sites (N-methyl/N-ethyl adjacent to an activating group) is 1. The molecular weight excluding hydrogens is 649 g/mol. The third kappa shape index (κ3) is 8.31. The summed E-state index contributed by atoms with van der Waals surface area (Å²) in [7, 11) is 3.73. The molecule has 0 unspecified atom stereocenters. The van der Waals surface area contributed by atoms with Gasteiger partial charge in [0, 0.05) is 49.9 Å². The maximum absolute atomic E-state index is 12.8. The van der Waals surface area contributed by atoms with Gasteiger partial charge in [-0.1, -0.05) is 23.5 Å². The molecule has 0 radical (unpaired) electrons. The first-order chi connectivity index (χ1) is 23.1. The summed E-state index contributed by atoms with van der Waals surface area (Å²) in [5, 5.41) is 9.55. The highest BCUT2D eigenvalue weighted by atomic mass is 32.1. The number of rotatable bonds is 11. The number of hydrogen-bond acceptors (Lipinski definition) is 11. The number of methoxy groups -OCH3 is 1. The number of aromatic nitrogens is 3. The van der Waals surface area contributed by atoms with E-state index < -0.39 is 18.1 Å². The lowest BCUT2D eigenvalue weighted by Gasteiger charge is -2.32. The summed E-state index contributed by atoms with van der Waals surface area (Å²) in [6.45, 7) is 5.81. The van der Waals surface area contributed by atoms with Crippen LogP contribution in [0.25, 0.3) is 21.1 Å². The number of anilines is 4. The average molecular weight is 683 g/mol. The Kier molecular flexibility index (Phi) is 9.93. The largest absolute Gasteiger partial charge is 0.573 e. The Hall–Kier alpha value is -4.93. The molecular formula is C32H33F3N8O4S. The highest BCUT2D eigenvalue weighted by molar-refractivity contribution is 7.22. The Morgan fingerprint density at radius 1 is 0.958 bits per heavy atom. The summed E-state index contributed by atoms with van der Waals surface area (Å²) in [4.78, 5) is 30.9. The van der Waals surface area contributed by atoms with Crippen molar-refractivity contribution in [1.29, 1.82) is 0 Å². The molecule has 1 fully saturated rings. The van der Waals surface area contributed by atoms with Crippen LogP contribution in [0.3, 0.4) is 0 Å². The molecule has 48 heavy (non-hydrogen) atoms. The number of carbonyl (C=O) groups is 1. The molecule has 3 aromatic carbocycles. The van der Waals surface area contributed by atoms with Gasteiger partial charge in [-0.3, -0.25) is 0 Å². The number of para-hydroxylation sites is 2. The fourth-order valence-electron chi connectivity index (χ4n) is 5.20. The van der Waals surface area contributed by atoms with Gasteiger partial charge in [-0.15, -0.1) is 13.2 Å². The van der Waals surface area contributed by atoms with Crippen LogP contribution in [0, 0.1) is 0 Å². The van der Waals surface area contributed by atoms with Gasteiger partial charge in [0.2, 0.25) is 0 Å². The van der Waals surface area contributed by atoms with Crippen LogP contribution < -0.4 is 30.2 Å². The molecule has 16 heteroatoms. The molecule has 2 amide bonds. The van der Waals surface area contributed by atoms with Crippen LogP contribution >= 0.6 is 11.3 Å². The molecule has 0 aliphatic carbocycles. The number of ether oxygens (including phenoxy) is 3. The minimum absolute atomic E-state index is 0.133. The SMILES string of the molecule is COc1cc2c(Nc3nc4ccc(NC(=O)Nc5ccccc5OC(F)(F)F)cc4s3)ncnc2cc1OCCCN1CCN(C)CC1. The predicted molar refractivity (Wildman–Crippen MR) is 179 cm³/mol. The van der Waals surface area contributed by atoms with Crippen LogP contribution in [-0.4, -0.2) is 90.6 Å². The summed E-state index contributed by atoms with van der Waals surface area (Å²) in [5.41, 5.74) is 1.62. The van der Waals surface area contributed by atoms with Crippen LogP contribution in [-0.2, 0) is 0 Å². The molecule has 0 atom stereocenters. The van der Waals surface area contributed by atoms with Crippen LogP contribution in [0.4, 0.5) is 40.3 Å². The number of alkyl halides is 3. The number of thiazole rings is 1. The van der Waals surface area contributed by atoms with Crippen molar-refractivity contribution in [3.8, 4) is 17.2 Å². The zero-order chi connectivity index (χ0) is 33.7. The molecule has 3 heterocycles. The number of halogens is 3. The van der Waals surface area contributed by atoms with Gasteiger partial charge in [0.05, 0.1) is 35.1 Å². The van der Waals surface area contributed by atoms with Crippen LogP contribution in [0.5, 0.6) is 17.2 Å². The second-order valence-corrected chi connectivity index (χ2v) is 12.1. The number of urea groups is 1. The van der Waals surface area contributed by atoms with Gasteiger partial charge in [-0.25, -0.2) is 19.7 Å². The summed E-state index contributed by atoms with van der Waals surface area (Å²) in [6, 6.07) is 13.3. The highest BCUT2D eigenvalue weighted by Crippen LogP contribution is 2.37. The number of piperazine rings is 1. The summed E-state index contributed by atoms with van der Waals surface area (Å²) in [5.74, 6) is 1.17. The predicted octanol–water partition coefficient (Wildman–Crippen LogP) is 6.55. The van der Waals surface area contributed by atoms with E-state index in [9.17, 15) is 18.0 Å². The van der Waals surface area contributed by atoms with Crippen LogP contribution in [0.15, 0.2) is 60.9 Å². The summed E-state index contributed by atoms with van der Waals surface area (Å²) in [6.07, 6.45) is -2.55. The van der Waals surface area contributed by atoms with Gasteiger partial charge >= 0.3 is 12.4 Å². The molecule has 0 bridgehead atoms. The molecule has 6 rings (SSSR count). The fraction of sp³-hybridized carbons (Fsp3) is 0.312. The Morgan fingerprint density at radius 2 is 1.77 bits per heavy atom. The highest BCUT2D eigenvalue weighted by Gasteiger charge is 2.32. The zero-order valence-corrected chi connectivity index (χ0v) is 27.0. The molecule has 0 spiro atoms. The molecule has 3 N–H and O–H groups in total. The number of carbonyl (C=O) groups excluding carboxylic acids is 1. The second kappa shape index (κ2) is 14.5. The lowest BCUT2D eigenvalue weighted by molar-refractivity contribution is -0.274. The van der Waals surface area contributed by atoms with Gasteiger partial charge in [-0.2, -0.15) is 0 Å². The molecule has 1 saturated heterocycles. The topological polar surface area (TPSA) is 126 Å². The lowest BCUT2D eigenvalue weighted by Crippen LogP contribution is -2.44. The van der Waals surface area contributed by atoms with E-state index in [2.05, 4.69) is 52.5 Å². The van der Waals surface area contributed by atoms with Gasteiger partial charge in [0.15, 0.2) is 22.4 Å². The quantitative estimate of drug-likeness (QED) is 0.132. The van der Waals surface area contributed by atoms with E-state index >= 15 is 0 Å². The van der Waals surface area contributed by atoms with E-state index in [1.165, 1.54) is 35.9 Å². The van der Waals surface area contributed by atoms with E-state index in [1.807, 2.05) is 12.1 Å². The maximum atomic E-state index is 12.8. The Morgan fingerprint density at radius 3 is 2.56 bits per heavy atom. The van der Waals surface area contributed by atoms with Crippen molar-refractivity contribution in [2.45, 2.75) is 12.8 Å². The fourth-order valence-corrected chi connectivity index (χ4v) is 6.11. The summed E-state index contributed by atoms with van der Waals surface area (Å²) >= 11 is 1.33. The first-order valence-corrected chi connectivity index (χ1v) is 15.9. The van der Waals surface area contributed by atoms with Crippen molar-refractivity contribution in [3.63, 3.8) is 0 Å². The number of fused-ring (bicyclic) bond motifs is 2. The average Bonchev–Trinajstić information content (AvgIpc) is 3.45. The number of amides is 2. The van der Waals surface area contributed by atoms with Gasteiger partial charge < -0.3 is 40.0 Å². The van der Waals surface area contributed by atoms with E-state index in [1.54, 1.807) is 25.3 Å². The van der Waals surface area contributed by atoms with Crippen molar-refractivity contribution in [3.05, 3.63) is 60.9 Å². The Labute approximate surface area is 277 Å². The second-order valence-electron chi connectivity index (χ2n) is 11.0. The maximum Gasteiger partial charge on any atom is 0.573 e. The first kappa shape index (κ1) is 33.0. The molecule has 0 saturated carbocycles. The van der Waals surface area contributed by atoms with Crippen molar-refractivity contribution >= 4 is 60.8 Å². The standard InChI is InChI=1S/C32H33F3N8O4S/c1-42-11-13-43(14-12-42)10-5-15-46-27-18-24-21(17-26(27)45-2)29(37-19-36-24)41-31-40-23-9-8-20(16-28(23)48-31)38-30(44)39-22-6-3-4-7-25(22)47-32(33,34)35/h3-4,6-9,16-19H,5,10-15H2,1-2H3,(H2,38,39,44)(H,36,37,40,41). The lowest BCUT2D eigenvalue weighted by atomic mass is 10.2. The van der Waals surface area contributed by atoms with Gasteiger partial charge in [0.25, 0.3) is 0 Å². The van der Waals surface area contributed by atoms with Crippen LogP contribution in [0.2, 0.25) is 0 Å². The van der Waals surface area contributed by atoms with Crippen molar-refractivity contribution in [2.24, 2.45) is 0 Å². The van der Waals surface area contributed by atoms with Crippen molar-refractivity contribution in [2.75, 3.05) is 69.4 Å². The molecule has 252 valence electrons. The zero-order valence-electron chi connectivity index (χ0n) is 26.1. The monoisotopic (exact) mass is 682 g/mol. The smallest absolute Gasteiger partial charge is 0.493 e. The number of benzene rings is 3. The molecule has 12 nitrogen and oxygen atoms in total. The third-order valence-corrected chi connectivity index (χ3v) is 8.56. The minimum atomic E-state index is -4.90. The van der Waals surface area contributed by atoms with E-state index in [-0.39, 0.29) is 5.69 Å². The van der Waals surface area contributed by atoms with E-state index in [0.717, 1.165) is 49.9 Å². The number of hydrogen-bond donors (Lipinski definition) is 3. The van der Waals surface area contributed by atoms with E-state index in [0.29, 0.717) is 51.2 Å². The van der Waals surface area contributed by atoms with Crippen molar-refractivity contribution in [1.82, 2.24) is 24.8 Å². The molecule has 5 aromatic rings.